The monoisotopic (exact) mass is 771 g/mol. The van der Waals surface area contributed by atoms with Gasteiger partial charge in [-0.25, -0.2) is 4.57 Å². The summed E-state index contributed by atoms with van der Waals surface area (Å²) in [6.07, 6.45) is 45.2. The van der Waals surface area contributed by atoms with Gasteiger partial charge in [-0.05, 0) is 38.5 Å². The zero-order valence-corrected chi connectivity index (χ0v) is 35.6. The molecule has 2 unspecified atom stereocenters. The van der Waals surface area contributed by atoms with Crippen LogP contribution in [0, 0.1) is 0 Å². The fraction of sp³-hybridized carbons (Fsp3) is 0.864. The minimum atomic E-state index is -4.26. The molecular formula is C44H83O8P. The number of hydrogen-bond acceptors (Lipinski definition) is 7. The van der Waals surface area contributed by atoms with Gasteiger partial charge in [-0.2, -0.15) is 0 Å². The van der Waals surface area contributed by atoms with Crippen molar-refractivity contribution in [3.8, 4) is 0 Å². The molecule has 9 heteroatoms. The fourth-order valence-corrected chi connectivity index (χ4v) is 6.75. The molecule has 0 saturated heterocycles. The van der Waals surface area contributed by atoms with Gasteiger partial charge in [0.25, 0.3) is 0 Å². The van der Waals surface area contributed by atoms with Gasteiger partial charge in [0.05, 0.1) is 6.61 Å². The Hall–Kier alpha value is -1.47. The molecule has 0 aliphatic rings. The number of carbonyl (C=O) groups excluding carboxylic acids is 2. The van der Waals surface area contributed by atoms with Crippen LogP contribution in [0.25, 0.3) is 0 Å². The second-order valence-electron chi connectivity index (χ2n) is 14.8. The number of unbranched alkanes of at least 4 members (excludes halogenated alkanes) is 26. The average molecular weight is 771 g/mol. The lowest BCUT2D eigenvalue weighted by Crippen LogP contribution is -2.29. The number of carbonyl (C=O) groups is 2. The highest BCUT2D eigenvalue weighted by atomic mass is 31.2. The third-order valence-electron chi connectivity index (χ3n) is 9.68. The quantitative estimate of drug-likeness (QED) is 0.0283. The minimum absolute atomic E-state index is 0.227. The molecule has 0 aliphatic heterocycles. The van der Waals surface area contributed by atoms with Crippen molar-refractivity contribution >= 4 is 19.8 Å². The van der Waals surface area contributed by atoms with Gasteiger partial charge < -0.3 is 14.4 Å². The third kappa shape index (κ3) is 40.0. The molecule has 0 spiro atoms. The molecule has 0 heterocycles. The van der Waals surface area contributed by atoms with E-state index >= 15 is 0 Å². The zero-order valence-electron chi connectivity index (χ0n) is 34.7. The Kier molecular flexibility index (Phi) is 39.1. The first-order chi connectivity index (χ1) is 25.8. The van der Waals surface area contributed by atoms with Gasteiger partial charge in [-0.1, -0.05) is 192 Å². The molecule has 0 aromatic rings. The van der Waals surface area contributed by atoms with Crippen LogP contribution in [0.2, 0.25) is 0 Å². The number of hydrogen-bond donors (Lipinski definition) is 1. The van der Waals surface area contributed by atoms with Crippen molar-refractivity contribution in [1.82, 2.24) is 0 Å². The van der Waals surface area contributed by atoms with Gasteiger partial charge in [0.2, 0.25) is 0 Å². The van der Waals surface area contributed by atoms with E-state index in [-0.39, 0.29) is 19.0 Å². The van der Waals surface area contributed by atoms with Crippen LogP contribution >= 0.6 is 7.82 Å². The molecule has 312 valence electrons. The molecule has 0 saturated carbocycles. The summed E-state index contributed by atoms with van der Waals surface area (Å²) < 4.78 is 32.0. The molecular weight excluding hydrogens is 687 g/mol. The van der Waals surface area contributed by atoms with Gasteiger partial charge in [0.1, 0.15) is 6.61 Å². The van der Waals surface area contributed by atoms with Crippen molar-refractivity contribution in [2.24, 2.45) is 0 Å². The van der Waals surface area contributed by atoms with Gasteiger partial charge in [-0.15, -0.1) is 0 Å². The molecule has 0 aliphatic carbocycles. The molecule has 8 nitrogen and oxygen atoms in total. The van der Waals surface area contributed by atoms with Crippen molar-refractivity contribution in [3.05, 3.63) is 24.3 Å². The highest BCUT2D eigenvalue weighted by Gasteiger charge is 2.24. The van der Waals surface area contributed by atoms with Crippen LogP contribution in [0.5, 0.6) is 0 Å². The van der Waals surface area contributed by atoms with Crippen LogP contribution in [0.4, 0.5) is 0 Å². The van der Waals surface area contributed by atoms with Crippen LogP contribution < -0.4 is 0 Å². The molecule has 0 bridgehead atoms. The number of phosphoric acid groups is 1. The van der Waals surface area contributed by atoms with E-state index in [0.717, 1.165) is 71.3 Å². The van der Waals surface area contributed by atoms with Gasteiger partial charge in [-0.3, -0.25) is 18.6 Å². The first-order valence-corrected chi connectivity index (χ1v) is 23.5. The summed E-state index contributed by atoms with van der Waals surface area (Å²) in [5.74, 6) is -0.811. The maximum absolute atomic E-state index is 12.5. The highest BCUT2D eigenvalue weighted by molar-refractivity contribution is 7.47. The lowest BCUT2D eigenvalue weighted by molar-refractivity contribution is -0.161. The Morgan fingerprint density at radius 1 is 0.528 bits per heavy atom. The van der Waals surface area contributed by atoms with Crippen LogP contribution in [-0.2, 0) is 32.7 Å². The predicted octanol–water partition coefficient (Wildman–Crippen LogP) is 13.8. The van der Waals surface area contributed by atoms with E-state index in [1.165, 1.54) is 122 Å². The average Bonchev–Trinajstić information content (AvgIpc) is 3.15. The molecule has 0 rings (SSSR count). The van der Waals surface area contributed by atoms with Crippen LogP contribution in [-0.4, -0.2) is 43.3 Å². The van der Waals surface area contributed by atoms with E-state index in [2.05, 4.69) is 42.7 Å². The smallest absolute Gasteiger partial charge is 0.462 e. The summed E-state index contributed by atoms with van der Waals surface area (Å²) in [5, 5.41) is 0. The Labute approximate surface area is 326 Å². The SMILES string of the molecule is CCC/C=C\C/C=C\CCCCCCCC(=O)OC(COC(=O)CCCCCCCCCCCCCCCCCCCCCCC)COP(=O)(O)OC. The van der Waals surface area contributed by atoms with Crippen LogP contribution in [0.15, 0.2) is 24.3 Å². The first kappa shape index (κ1) is 51.5. The van der Waals surface area contributed by atoms with E-state index in [1.54, 1.807) is 0 Å². The third-order valence-corrected chi connectivity index (χ3v) is 10.6. The molecule has 0 aromatic carbocycles. The summed E-state index contributed by atoms with van der Waals surface area (Å²) in [7, 11) is -3.20. The lowest BCUT2D eigenvalue weighted by Gasteiger charge is -2.19. The van der Waals surface area contributed by atoms with Gasteiger partial charge in [0, 0.05) is 20.0 Å². The Morgan fingerprint density at radius 3 is 1.40 bits per heavy atom. The van der Waals surface area contributed by atoms with Gasteiger partial charge >= 0.3 is 19.8 Å². The maximum atomic E-state index is 12.5. The highest BCUT2D eigenvalue weighted by Crippen LogP contribution is 2.42. The van der Waals surface area contributed by atoms with Crippen molar-refractivity contribution in [2.45, 2.75) is 225 Å². The number of esters is 2. The second kappa shape index (κ2) is 40.2. The maximum Gasteiger partial charge on any atom is 0.472 e. The summed E-state index contributed by atoms with van der Waals surface area (Å²) in [6.45, 7) is 3.83. The topological polar surface area (TPSA) is 108 Å². The molecule has 0 aromatic heterocycles. The standard InChI is InChI=1S/C44H83O8P/c1-4-6-8-10-12-14-16-18-19-20-21-22-23-24-25-27-28-30-32-34-36-38-43(45)50-40-42(41-51-53(47,48)49-3)52-44(46)39-37-35-33-31-29-26-17-15-13-11-9-7-5-2/h9,11,15,17,42H,4-8,10,12-14,16,18-41H2,1-3H3,(H,47,48)/b11-9-,17-15-. The minimum Gasteiger partial charge on any atom is -0.462 e. The zero-order chi connectivity index (χ0) is 38.9. The second-order valence-corrected chi connectivity index (χ2v) is 16.4. The fourth-order valence-electron chi connectivity index (χ4n) is 6.29. The van der Waals surface area contributed by atoms with Crippen molar-refractivity contribution in [2.75, 3.05) is 20.3 Å². The number of ether oxygens (including phenoxy) is 2. The van der Waals surface area contributed by atoms with Gasteiger partial charge in [0.15, 0.2) is 6.10 Å². The number of phosphoric ester groups is 1. The Morgan fingerprint density at radius 2 is 0.943 bits per heavy atom. The van der Waals surface area contributed by atoms with Crippen molar-refractivity contribution in [1.29, 1.82) is 0 Å². The largest absolute Gasteiger partial charge is 0.472 e. The molecule has 0 amide bonds. The van der Waals surface area contributed by atoms with Crippen molar-refractivity contribution in [3.63, 3.8) is 0 Å². The number of allylic oxidation sites excluding steroid dienone is 4. The van der Waals surface area contributed by atoms with E-state index in [9.17, 15) is 19.0 Å². The van der Waals surface area contributed by atoms with Crippen molar-refractivity contribution < 1.29 is 37.6 Å². The van der Waals surface area contributed by atoms with Crippen LogP contribution in [0.3, 0.4) is 0 Å². The molecule has 1 N–H and O–H groups in total. The molecule has 0 radical (unpaired) electrons. The molecule has 0 fully saturated rings. The first-order valence-electron chi connectivity index (χ1n) is 22.0. The normalized spacial score (nSPS) is 13.5. The van der Waals surface area contributed by atoms with E-state index in [4.69, 9.17) is 14.0 Å². The summed E-state index contributed by atoms with van der Waals surface area (Å²) in [5.41, 5.74) is 0. The lowest BCUT2D eigenvalue weighted by atomic mass is 10.0. The van der Waals surface area contributed by atoms with E-state index in [1.807, 2.05) is 0 Å². The Bertz CT molecular complexity index is 921. The predicted molar refractivity (Wildman–Crippen MR) is 221 cm³/mol. The Balaban J connectivity index is 3.91. The van der Waals surface area contributed by atoms with Crippen LogP contribution in [0.1, 0.15) is 219 Å². The van der Waals surface area contributed by atoms with E-state index in [0.29, 0.717) is 12.8 Å². The number of rotatable bonds is 41. The molecule has 53 heavy (non-hydrogen) atoms. The summed E-state index contributed by atoms with van der Waals surface area (Å²) in [4.78, 5) is 34.4. The molecule has 2 atom stereocenters. The van der Waals surface area contributed by atoms with E-state index < -0.39 is 26.5 Å². The summed E-state index contributed by atoms with van der Waals surface area (Å²) in [6, 6.07) is 0. The summed E-state index contributed by atoms with van der Waals surface area (Å²) >= 11 is 0.